The molecule has 27 heavy (non-hydrogen) atoms. The number of nitrogens with zero attached hydrogens (tertiary/aromatic N) is 5. The molecule has 142 valence electrons. The summed E-state index contributed by atoms with van der Waals surface area (Å²) in [5.41, 5.74) is 3.33. The van der Waals surface area contributed by atoms with Gasteiger partial charge >= 0.3 is 0 Å². The first-order valence-corrected chi connectivity index (χ1v) is 9.19. The second-order valence-electron chi connectivity index (χ2n) is 6.65. The van der Waals surface area contributed by atoms with Crippen LogP contribution in [0.25, 0.3) is 5.65 Å². The van der Waals surface area contributed by atoms with Gasteiger partial charge in [-0.2, -0.15) is 0 Å². The third-order valence-corrected chi connectivity index (χ3v) is 4.08. The second-order valence-corrected chi connectivity index (χ2v) is 6.65. The van der Waals surface area contributed by atoms with Crippen LogP contribution < -0.4 is 10.6 Å². The molecule has 7 nitrogen and oxygen atoms in total. The van der Waals surface area contributed by atoms with Crippen LogP contribution in [0.2, 0.25) is 0 Å². The van der Waals surface area contributed by atoms with Crippen molar-refractivity contribution < 1.29 is 0 Å². The van der Waals surface area contributed by atoms with Gasteiger partial charge in [-0.25, -0.2) is 4.99 Å². The van der Waals surface area contributed by atoms with Crippen LogP contribution in [-0.2, 0) is 19.6 Å². The van der Waals surface area contributed by atoms with Gasteiger partial charge in [0, 0.05) is 19.3 Å². The number of nitrogens with one attached hydrogen (secondary N) is 2. The van der Waals surface area contributed by atoms with Crippen molar-refractivity contribution >= 4 is 11.6 Å². The number of aliphatic imine (C=N–C) groups is 1. The molecule has 0 saturated carbocycles. The van der Waals surface area contributed by atoms with Gasteiger partial charge < -0.3 is 15.5 Å². The monoisotopic (exact) mass is 365 g/mol. The van der Waals surface area contributed by atoms with Crippen LogP contribution in [-0.4, -0.2) is 46.1 Å². The Balaban J connectivity index is 1.62. The molecular formula is C20H27N7. The fourth-order valence-electron chi connectivity index (χ4n) is 2.80. The molecule has 0 amide bonds. The molecule has 0 spiro atoms. The lowest BCUT2D eigenvalue weighted by Gasteiger charge is -2.11. The molecule has 0 radical (unpaired) electrons. The lowest BCUT2D eigenvalue weighted by Crippen LogP contribution is -2.37. The van der Waals surface area contributed by atoms with Crippen LogP contribution >= 0.6 is 0 Å². The van der Waals surface area contributed by atoms with Gasteiger partial charge in [0.25, 0.3) is 0 Å². The molecule has 1 aromatic carbocycles. The molecule has 0 aliphatic carbocycles. The quantitative estimate of drug-likeness (QED) is 0.495. The van der Waals surface area contributed by atoms with Crippen molar-refractivity contribution in [2.45, 2.75) is 26.6 Å². The lowest BCUT2D eigenvalue weighted by atomic mass is 10.1. The molecule has 0 saturated heterocycles. The summed E-state index contributed by atoms with van der Waals surface area (Å²) >= 11 is 0. The minimum Gasteiger partial charge on any atom is -0.357 e. The van der Waals surface area contributed by atoms with E-state index < -0.39 is 0 Å². The van der Waals surface area contributed by atoms with Crippen molar-refractivity contribution in [3.8, 4) is 0 Å². The Morgan fingerprint density at radius 2 is 1.81 bits per heavy atom. The van der Waals surface area contributed by atoms with Crippen LogP contribution in [0.1, 0.15) is 23.9 Å². The summed E-state index contributed by atoms with van der Waals surface area (Å²) in [6.07, 6.45) is 1.96. The highest BCUT2D eigenvalue weighted by molar-refractivity contribution is 5.79. The van der Waals surface area contributed by atoms with E-state index in [1.54, 1.807) is 0 Å². The Morgan fingerprint density at radius 1 is 1.04 bits per heavy atom. The number of rotatable bonds is 7. The first kappa shape index (κ1) is 18.8. The van der Waals surface area contributed by atoms with E-state index in [0.29, 0.717) is 13.1 Å². The van der Waals surface area contributed by atoms with E-state index in [2.05, 4.69) is 76.0 Å². The number of guanidine groups is 1. The zero-order valence-electron chi connectivity index (χ0n) is 16.2. The summed E-state index contributed by atoms with van der Waals surface area (Å²) in [7, 11) is 4.15. The maximum Gasteiger partial charge on any atom is 0.191 e. The Labute approximate surface area is 160 Å². The Kier molecular flexibility index (Phi) is 6.38. The molecule has 3 rings (SSSR count). The molecule has 2 aromatic heterocycles. The Morgan fingerprint density at radius 3 is 2.56 bits per heavy atom. The number of fused-ring (bicyclic) bond motifs is 1. The van der Waals surface area contributed by atoms with E-state index in [9.17, 15) is 0 Å². The molecule has 3 aromatic rings. The predicted molar refractivity (Wildman–Crippen MR) is 108 cm³/mol. The highest BCUT2D eigenvalue weighted by atomic mass is 15.3. The average Bonchev–Trinajstić information content (AvgIpc) is 3.08. The van der Waals surface area contributed by atoms with Crippen LogP contribution in [0.4, 0.5) is 0 Å². The van der Waals surface area contributed by atoms with Crippen molar-refractivity contribution in [1.82, 2.24) is 30.1 Å². The van der Waals surface area contributed by atoms with Crippen molar-refractivity contribution in [3.05, 3.63) is 65.6 Å². The number of aromatic nitrogens is 3. The summed E-state index contributed by atoms with van der Waals surface area (Å²) in [4.78, 5) is 6.84. The largest absolute Gasteiger partial charge is 0.357 e. The molecule has 0 bridgehead atoms. The fraction of sp³-hybridized carbons (Fsp3) is 0.350. The van der Waals surface area contributed by atoms with Crippen molar-refractivity contribution in [1.29, 1.82) is 0 Å². The molecule has 0 aliphatic heterocycles. The summed E-state index contributed by atoms with van der Waals surface area (Å²) in [5.74, 6) is 1.62. The highest BCUT2D eigenvalue weighted by Crippen LogP contribution is 2.07. The fourth-order valence-corrected chi connectivity index (χ4v) is 2.80. The van der Waals surface area contributed by atoms with Gasteiger partial charge in [-0.15, -0.1) is 10.2 Å². The van der Waals surface area contributed by atoms with E-state index in [-0.39, 0.29) is 0 Å². The third kappa shape index (κ3) is 5.27. The van der Waals surface area contributed by atoms with Crippen molar-refractivity contribution in [3.63, 3.8) is 0 Å². The lowest BCUT2D eigenvalue weighted by molar-refractivity contribution is 0.402. The van der Waals surface area contributed by atoms with Crippen LogP contribution in [0.5, 0.6) is 0 Å². The van der Waals surface area contributed by atoms with Gasteiger partial charge in [0.05, 0.1) is 13.1 Å². The molecular weight excluding hydrogens is 338 g/mol. The van der Waals surface area contributed by atoms with Gasteiger partial charge in [-0.05, 0) is 44.3 Å². The molecule has 0 fully saturated rings. The number of pyridine rings is 1. The van der Waals surface area contributed by atoms with Gasteiger partial charge in [0.2, 0.25) is 0 Å². The van der Waals surface area contributed by atoms with Crippen molar-refractivity contribution in [2.24, 2.45) is 4.99 Å². The smallest absolute Gasteiger partial charge is 0.191 e. The molecule has 0 unspecified atom stereocenters. The van der Waals surface area contributed by atoms with E-state index in [1.165, 1.54) is 11.1 Å². The molecule has 2 N–H and O–H groups in total. The van der Waals surface area contributed by atoms with Crippen molar-refractivity contribution in [2.75, 3.05) is 20.6 Å². The Hall–Kier alpha value is -2.93. The maximum absolute atomic E-state index is 4.68. The number of benzene rings is 1. The first-order chi connectivity index (χ1) is 13.2. The normalized spacial score (nSPS) is 11.9. The average molecular weight is 365 g/mol. The SMILES string of the molecule is CCNC(=NCc1ccc(CN(C)C)cc1)NCc1nnc2ccccn12. The van der Waals surface area contributed by atoms with Gasteiger partial charge in [-0.1, -0.05) is 30.3 Å². The zero-order chi connectivity index (χ0) is 19.1. The molecule has 0 atom stereocenters. The number of hydrogen-bond donors (Lipinski definition) is 2. The highest BCUT2D eigenvalue weighted by Gasteiger charge is 2.05. The second kappa shape index (κ2) is 9.14. The van der Waals surface area contributed by atoms with E-state index >= 15 is 0 Å². The number of hydrogen-bond acceptors (Lipinski definition) is 4. The summed E-state index contributed by atoms with van der Waals surface area (Å²) in [6, 6.07) is 14.5. The van der Waals surface area contributed by atoms with E-state index in [4.69, 9.17) is 0 Å². The van der Waals surface area contributed by atoms with Crippen LogP contribution in [0.3, 0.4) is 0 Å². The predicted octanol–water partition coefficient (Wildman–Crippen LogP) is 2.05. The zero-order valence-corrected chi connectivity index (χ0v) is 16.2. The summed E-state index contributed by atoms with van der Waals surface area (Å²) in [5, 5.41) is 15.0. The van der Waals surface area contributed by atoms with Gasteiger partial charge in [0.1, 0.15) is 0 Å². The molecule has 2 heterocycles. The van der Waals surface area contributed by atoms with Gasteiger partial charge in [-0.3, -0.25) is 4.40 Å². The first-order valence-electron chi connectivity index (χ1n) is 9.19. The van der Waals surface area contributed by atoms with Crippen LogP contribution in [0.15, 0.2) is 53.7 Å². The summed E-state index contributed by atoms with van der Waals surface area (Å²) in [6.45, 7) is 4.98. The van der Waals surface area contributed by atoms with E-state index in [1.807, 2.05) is 28.8 Å². The third-order valence-electron chi connectivity index (χ3n) is 4.08. The summed E-state index contributed by atoms with van der Waals surface area (Å²) < 4.78 is 1.97. The van der Waals surface area contributed by atoms with Crippen LogP contribution in [0, 0.1) is 0 Å². The molecule has 7 heteroatoms. The minimum atomic E-state index is 0.554. The maximum atomic E-state index is 4.68. The standard InChI is InChI=1S/C20H27N7/c1-4-21-20(22-13-16-8-10-17(11-9-16)15-26(2)3)23-14-19-25-24-18-7-5-6-12-27(18)19/h5-12H,4,13-15H2,1-3H3,(H2,21,22,23). The topological polar surface area (TPSA) is 69.8 Å². The van der Waals surface area contributed by atoms with E-state index in [0.717, 1.165) is 30.5 Å². The van der Waals surface area contributed by atoms with Gasteiger partial charge in [0.15, 0.2) is 17.4 Å². The minimum absolute atomic E-state index is 0.554. The molecule has 0 aliphatic rings. The Bertz CT molecular complexity index is 881.